The maximum atomic E-state index is 12.9. The first-order chi connectivity index (χ1) is 19.6. The summed E-state index contributed by atoms with van der Waals surface area (Å²) in [6.45, 7) is 4.75. The molecule has 0 aliphatic carbocycles. The van der Waals surface area contributed by atoms with Crippen molar-refractivity contribution < 1.29 is 4.79 Å². The summed E-state index contributed by atoms with van der Waals surface area (Å²) in [6, 6.07) is 18.3. The molecule has 0 spiro atoms. The first-order valence-corrected chi connectivity index (χ1v) is 13.2. The van der Waals surface area contributed by atoms with Gasteiger partial charge in [0, 0.05) is 65.6 Å². The summed E-state index contributed by atoms with van der Waals surface area (Å²) >= 11 is 0. The molecule has 0 unspecified atom stereocenters. The van der Waals surface area contributed by atoms with Crippen molar-refractivity contribution in [2.75, 3.05) is 6.54 Å². The lowest BCUT2D eigenvalue weighted by molar-refractivity contribution is 0.0950. The number of aromatic nitrogens is 7. The zero-order valence-electron chi connectivity index (χ0n) is 22.2. The van der Waals surface area contributed by atoms with E-state index in [2.05, 4.69) is 84.2 Å². The fraction of sp³-hybridized carbons (Fsp3) is 0.161. The van der Waals surface area contributed by atoms with E-state index in [4.69, 9.17) is 0 Å². The van der Waals surface area contributed by atoms with Gasteiger partial charge >= 0.3 is 0 Å². The van der Waals surface area contributed by atoms with Crippen molar-refractivity contribution in [3.63, 3.8) is 0 Å². The molecule has 0 aliphatic heterocycles. The number of amides is 1. The van der Waals surface area contributed by atoms with Gasteiger partial charge in [-0.1, -0.05) is 24.3 Å². The van der Waals surface area contributed by atoms with Crippen molar-refractivity contribution in [1.82, 2.24) is 40.0 Å². The van der Waals surface area contributed by atoms with E-state index in [-0.39, 0.29) is 11.9 Å². The highest BCUT2D eigenvalue weighted by atomic mass is 16.1. The summed E-state index contributed by atoms with van der Waals surface area (Å²) < 4.78 is 2.05. The van der Waals surface area contributed by atoms with Crippen molar-refractivity contribution >= 4 is 16.9 Å². The first-order valence-electron chi connectivity index (χ1n) is 13.2. The molecule has 9 nitrogen and oxygen atoms in total. The van der Waals surface area contributed by atoms with Crippen LogP contribution in [-0.2, 0) is 6.42 Å². The monoisotopic (exact) mass is 528 g/mol. The second-order valence-corrected chi connectivity index (χ2v) is 9.86. The van der Waals surface area contributed by atoms with Gasteiger partial charge in [-0.3, -0.25) is 14.8 Å². The fourth-order valence-electron chi connectivity index (χ4n) is 4.75. The van der Waals surface area contributed by atoms with Crippen LogP contribution in [0.15, 0.2) is 91.9 Å². The van der Waals surface area contributed by atoms with Gasteiger partial charge in [0.15, 0.2) is 5.82 Å². The first kappa shape index (κ1) is 25.1. The minimum Gasteiger partial charge on any atom is -0.350 e. The Morgan fingerprint density at radius 3 is 2.48 bits per heavy atom. The van der Waals surface area contributed by atoms with Crippen LogP contribution in [0.3, 0.4) is 0 Å². The molecule has 9 heteroatoms. The third-order valence-corrected chi connectivity index (χ3v) is 6.88. The highest BCUT2D eigenvalue weighted by Crippen LogP contribution is 2.31. The smallest absolute Gasteiger partial charge is 0.267 e. The summed E-state index contributed by atoms with van der Waals surface area (Å²) in [6.07, 6.45) is 11.4. The number of nitrogens with zero attached hydrogens (tertiary/aromatic N) is 6. The predicted octanol–water partition coefficient (Wildman–Crippen LogP) is 5.50. The van der Waals surface area contributed by atoms with Gasteiger partial charge in [-0.15, -0.1) is 10.2 Å². The van der Waals surface area contributed by atoms with E-state index >= 15 is 0 Å². The molecule has 0 bridgehead atoms. The average molecular weight is 529 g/mol. The molecular formula is C31H28N8O. The van der Waals surface area contributed by atoms with Gasteiger partial charge < -0.3 is 14.9 Å². The normalized spacial score (nSPS) is 11.3. The third-order valence-electron chi connectivity index (χ3n) is 6.88. The van der Waals surface area contributed by atoms with Crippen LogP contribution in [0.2, 0.25) is 0 Å². The van der Waals surface area contributed by atoms with Crippen molar-refractivity contribution in [2.45, 2.75) is 26.3 Å². The van der Waals surface area contributed by atoms with E-state index in [1.807, 2.05) is 36.7 Å². The number of carbonyl (C=O) groups excluding carboxylic acids is 1. The quantitative estimate of drug-likeness (QED) is 0.270. The van der Waals surface area contributed by atoms with Gasteiger partial charge in [0.1, 0.15) is 17.7 Å². The van der Waals surface area contributed by atoms with Gasteiger partial charge in [0.2, 0.25) is 0 Å². The summed E-state index contributed by atoms with van der Waals surface area (Å²) in [5.41, 5.74) is 7.18. The maximum Gasteiger partial charge on any atom is 0.267 e. The fourth-order valence-corrected chi connectivity index (χ4v) is 4.75. The van der Waals surface area contributed by atoms with E-state index < -0.39 is 0 Å². The summed E-state index contributed by atoms with van der Waals surface area (Å²) in [4.78, 5) is 29.0. The van der Waals surface area contributed by atoms with Crippen LogP contribution >= 0.6 is 0 Å². The molecule has 2 N–H and O–H groups in total. The molecule has 0 saturated heterocycles. The van der Waals surface area contributed by atoms with Crippen molar-refractivity contribution in [2.24, 2.45) is 0 Å². The number of carbonyl (C=O) groups is 1. The Kier molecular flexibility index (Phi) is 6.84. The Hall–Kier alpha value is -5.18. The molecule has 5 heterocycles. The Labute approximate surface area is 231 Å². The molecule has 0 radical (unpaired) electrons. The van der Waals surface area contributed by atoms with Crippen LogP contribution in [0.1, 0.15) is 35.9 Å². The van der Waals surface area contributed by atoms with Gasteiger partial charge in [0.25, 0.3) is 5.91 Å². The average Bonchev–Trinajstić information content (AvgIpc) is 3.66. The number of hydrogen-bond donors (Lipinski definition) is 2. The van der Waals surface area contributed by atoms with Gasteiger partial charge in [-0.2, -0.15) is 0 Å². The van der Waals surface area contributed by atoms with Crippen LogP contribution in [0.4, 0.5) is 0 Å². The SMILES string of the molecule is CC(C)n1cnnc1-c1ccc(-c2cncc(-c3ccnc4[nH]c(C(=O)NCCc5ccncc5)cc34)c2)cc1. The van der Waals surface area contributed by atoms with Crippen LogP contribution in [-0.4, -0.2) is 47.2 Å². The summed E-state index contributed by atoms with van der Waals surface area (Å²) in [5.74, 6) is 0.676. The molecule has 6 aromatic rings. The third kappa shape index (κ3) is 5.09. The number of aromatic amines is 1. The topological polar surface area (TPSA) is 114 Å². The van der Waals surface area contributed by atoms with Gasteiger partial charge in [-0.25, -0.2) is 4.98 Å². The molecule has 1 aromatic carbocycles. The molecule has 40 heavy (non-hydrogen) atoms. The number of fused-ring (bicyclic) bond motifs is 1. The number of hydrogen-bond acceptors (Lipinski definition) is 6. The van der Waals surface area contributed by atoms with Crippen molar-refractivity contribution in [3.8, 4) is 33.6 Å². The minimum atomic E-state index is -0.168. The molecule has 0 atom stereocenters. The molecule has 6 rings (SSSR count). The molecule has 5 aromatic heterocycles. The van der Waals surface area contributed by atoms with Crippen molar-refractivity contribution in [3.05, 3.63) is 103 Å². The molecule has 0 fully saturated rings. The number of pyridine rings is 3. The van der Waals surface area contributed by atoms with E-state index in [1.165, 1.54) is 0 Å². The second-order valence-electron chi connectivity index (χ2n) is 9.86. The van der Waals surface area contributed by atoms with E-state index in [9.17, 15) is 4.79 Å². The zero-order chi connectivity index (χ0) is 27.5. The summed E-state index contributed by atoms with van der Waals surface area (Å²) in [5, 5.41) is 12.2. The van der Waals surface area contributed by atoms with Gasteiger partial charge in [0.05, 0.1) is 0 Å². The standard InChI is InChI=1S/C31H28N8O/c1-20(2)39-19-36-38-30(39)23-5-3-22(4-6-23)24-15-25(18-33-17-24)26-10-14-34-29-27(26)16-28(37-29)31(40)35-13-9-21-7-11-32-12-8-21/h3-8,10-12,14-20H,9,13H2,1-2H3,(H,34,37)(H,35,40). The molecule has 198 valence electrons. The second kappa shape index (κ2) is 10.9. The lowest BCUT2D eigenvalue weighted by Crippen LogP contribution is -2.25. The lowest BCUT2D eigenvalue weighted by atomic mass is 10.00. The Morgan fingerprint density at radius 2 is 1.68 bits per heavy atom. The molecule has 1 amide bonds. The molecular weight excluding hydrogens is 500 g/mol. The van der Waals surface area contributed by atoms with Crippen LogP contribution in [0.5, 0.6) is 0 Å². The van der Waals surface area contributed by atoms with Gasteiger partial charge in [-0.05, 0) is 67.3 Å². The van der Waals surface area contributed by atoms with E-state index in [0.717, 1.165) is 51.0 Å². The minimum absolute atomic E-state index is 0.168. The van der Waals surface area contributed by atoms with E-state index in [1.54, 1.807) is 24.9 Å². The number of nitrogens with one attached hydrogen (secondary N) is 2. The van der Waals surface area contributed by atoms with Crippen molar-refractivity contribution in [1.29, 1.82) is 0 Å². The molecule has 0 saturated carbocycles. The largest absolute Gasteiger partial charge is 0.350 e. The maximum absolute atomic E-state index is 12.9. The van der Waals surface area contributed by atoms with Crippen LogP contribution < -0.4 is 5.32 Å². The Bertz CT molecular complexity index is 1770. The Morgan fingerprint density at radius 1 is 0.900 bits per heavy atom. The summed E-state index contributed by atoms with van der Waals surface area (Å²) in [7, 11) is 0. The predicted molar refractivity (Wildman–Crippen MR) is 154 cm³/mol. The number of H-pyrrole nitrogens is 1. The highest BCUT2D eigenvalue weighted by molar-refractivity contribution is 6.01. The number of benzene rings is 1. The highest BCUT2D eigenvalue weighted by Gasteiger charge is 2.15. The van der Waals surface area contributed by atoms with E-state index in [0.29, 0.717) is 17.9 Å². The number of rotatable bonds is 8. The van der Waals surface area contributed by atoms with Crippen LogP contribution in [0.25, 0.3) is 44.7 Å². The zero-order valence-corrected chi connectivity index (χ0v) is 22.2. The Balaban J connectivity index is 1.23. The molecule has 0 aliphatic rings. The lowest BCUT2D eigenvalue weighted by Gasteiger charge is -2.11. The van der Waals surface area contributed by atoms with Crippen LogP contribution in [0, 0.1) is 0 Å².